The van der Waals surface area contributed by atoms with Crippen molar-refractivity contribution in [3.63, 3.8) is 0 Å². The topological polar surface area (TPSA) is 9.23 Å². The summed E-state index contributed by atoms with van der Waals surface area (Å²) in [6.45, 7) is 1.01. The van der Waals surface area contributed by atoms with E-state index in [1.54, 1.807) is 0 Å². The summed E-state index contributed by atoms with van der Waals surface area (Å²) in [5, 5.41) is 0. The van der Waals surface area contributed by atoms with Crippen LogP contribution >= 0.6 is 0 Å². The van der Waals surface area contributed by atoms with E-state index in [9.17, 15) is 0 Å². The minimum absolute atomic E-state index is 0.0539. The molecule has 2 rings (SSSR count). The van der Waals surface area contributed by atoms with E-state index < -0.39 is 0 Å². The lowest BCUT2D eigenvalue weighted by Crippen LogP contribution is -2.27. The summed E-state index contributed by atoms with van der Waals surface area (Å²) in [5.74, 6) is 0. The van der Waals surface area contributed by atoms with Gasteiger partial charge in [0.2, 0.25) is 0 Å². The van der Waals surface area contributed by atoms with Gasteiger partial charge in [-0.1, -0.05) is 24.3 Å². The van der Waals surface area contributed by atoms with Gasteiger partial charge >= 0.3 is 0 Å². The fourth-order valence-corrected chi connectivity index (χ4v) is 3.99. The lowest BCUT2D eigenvalue weighted by atomic mass is 10.2. The van der Waals surface area contributed by atoms with Gasteiger partial charge in [0, 0.05) is 11.6 Å². The molecule has 1 aliphatic heterocycles. The first-order valence-corrected chi connectivity index (χ1v) is 6.55. The molecule has 0 amide bonds. The minimum Gasteiger partial charge on any atom is -0.394 e. The molecular formula is C10H15AlO. The lowest BCUT2D eigenvalue weighted by Gasteiger charge is -2.22. The van der Waals surface area contributed by atoms with E-state index in [1.165, 1.54) is 19.3 Å². The van der Waals surface area contributed by atoms with Crippen molar-refractivity contribution in [3.05, 3.63) is 24.3 Å². The van der Waals surface area contributed by atoms with Crippen LogP contribution in [0.2, 0.25) is 4.78 Å². The molecule has 0 saturated carbocycles. The van der Waals surface area contributed by atoms with E-state index in [-0.39, 0.29) is 15.2 Å². The molecule has 64 valence electrons. The molecule has 0 aromatic heterocycles. The van der Waals surface area contributed by atoms with Crippen molar-refractivity contribution in [2.75, 3.05) is 6.61 Å². The van der Waals surface area contributed by atoms with E-state index in [1.807, 2.05) is 0 Å². The second-order valence-electron chi connectivity index (χ2n) is 3.66. The van der Waals surface area contributed by atoms with E-state index >= 15 is 0 Å². The van der Waals surface area contributed by atoms with Crippen LogP contribution in [0.15, 0.2) is 24.3 Å². The SMILES string of the molecule is C1=C[CH]([AlH][CH]2CCCCO2)C=C1. The summed E-state index contributed by atoms with van der Waals surface area (Å²) in [5.41, 5.74) is 0. The fourth-order valence-electron chi connectivity index (χ4n) is 1.93. The molecule has 0 bridgehead atoms. The molecule has 0 N–H and O–H groups in total. The Morgan fingerprint density at radius 2 is 2.00 bits per heavy atom. The fraction of sp³-hybridized carbons (Fsp3) is 0.600. The first kappa shape index (κ1) is 8.57. The highest BCUT2D eigenvalue weighted by Crippen LogP contribution is 2.20. The normalized spacial score (nSPS) is 29.5. The van der Waals surface area contributed by atoms with Crippen molar-refractivity contribution in [1.82, 2.24) is 0 Å². The average molecular weight is 178 g/mol. The van der Waals surface area contributed by atoms with Gasteiger partial charge in [0.05, 0.1) is 0 Å². The van der Waals surface area contributed by atoms with E-state index in [2.05, 4.69) is 24.3 Å². The Morgan fingerprint density at radius 3 is 2.67 bits per heavy atom. The summed E-state index contributed by atoms with van der Waals surface area (Å²) >= 11 is -0.0539. The van der Waals surface area contributed by atoms with Gasteiger partial charge in [-0.3, -0.25) is 0 Å². The molecule has 1 fully saturated rings. The van der Waals surface area contributed by atoms with Crippen molar-refractivity contribution in [3.8, 4) is 0 Å². The Kier molecular flexibility index (Phi) is 3.05. The van der Waals surface area contributed by atoms with Gasteiger partial charge in [-0.05, 0) is 24.0 Å². The quantitative estimate of drug-likeness (QED) is 0.586. The zero-order chi connectivity index (χ0) is 8.23. The highest BCUT2D eigenvalue weighted by atomic mass is 27.1. The van der Waals surface area contributed by atoms with E-state index in [4.69, 9.17) is 4.74 Å². The van der Waals surface area contributed by atoms with Crippen LogP contribution in [0.3, 0.4) is 0 Å². The summed E-state index contributed by atoms with van der Waals surface area (Å²) in [4.78, 5) is 0.663. The molecule has 1 saturated heterocycles. The van der Waals surface area contributed by atoms with Gasteiger partial charge in [0.25, 0.3) is 15.2 Å². The Bertz CT molecular complexity index is 180. The largest absolute Gasteiger partial charge is 0.394 e. The second-order valence-corrected chi connectivity index (χ2v) is 5.98. The molecule has 0 aromatic rings. The van der Waals surface area contributed by atoms with Gasteiger partial charge in [-0.2, -0.15) is 0 Å². The summed E-state index contributed by atoms with van der Waals surface area (Å²) < 4.78 is 6.52. The number of hydrogen-bond acceptors (Lipinski definition) is 1. The highest BCUT2D eigenvalue weighted by Gasteiger charge is 2.20. The van der Waals surface area contributed by atoms with Crippen LogP contribution in [-0.4, -0.2) is 26.8 Å². The third-order valence-electron chi connectivity index (χ3n) is 2.64. The molecule has 2 heteroatoms. The maximum absolute atomic E-state index is 5.73. The van der Waals surface area contributed by atoms with Gasteiger partial charge in [-0.15, -0.1) is 0 Å². The molecule has 1 atom stereocenters. The first-order valence-electron chi connectivity index (χ1n) is 4.92. The molecule has 0 spiro atoms. The average Bonchev–Trinajstić information content (AvgIpc) is 2.59. The molecule has 1 unspecified atom stereocenters. The van der Waals surface area contributed by atoms with Crippen LogP contribution in [-0.2, 0) is 4.74 Å². The highest BCUT2D eigenvalue weighted by molar-refractivity contribution is 6.41. The number of ether oxygens (including phenoxy) is 1. The third-order valence-corrected chi connectivity index (χ3v) is 4.90. The molecule has 1 aliphatic carbocycles. The van der Waals surface area contributed by atoms with Gasteiger partial charge in [0.15, 0.2) is 0 Å². The van der Waals surface area contributed by atoms with Crippen LogP contribution in [0.5, 0.6) is 0 Å². The molecule has 0 aromatic carbocycles. The zero-order valence-corrected chi connectivity index (χ0v) is 8.82. The molecule has 2 aliphatic rings. The molecule has 12 heavy (non-hydrogen) atoms. The standard InChI is InChI=1S/C5H9O.C5H5.Al.H/c1-2-4-6-5-3-1;1-2-4-5-3-1;;/h4H,1-3,5H2;1-5H;;. The number of allylic oxidation sites excluding steroid dienone is 4. The molecule has 1 heterocycles. The Balaban J connectivity index is 1.77. The van der Waals surface area contributed by atoms with Crippen LogP contribution in [0.25, 0.3) is 0 Å². The van der Waals surface area contributed by atoms with Gasteiger partial charge in [0.1, 0.15) is 0 Å². The van der Waals surface area contributed by atoms with Gasteiger partial charge < -0.3 is 4.74 Å². The van der Waals surface area contributed by atoms with Crippen molar-refractivity contribution < 1.29 is 4.74 Å². The smallest absolute Gasteiger partial charge is 0.296 e. The maximum Gasteiger partial charge on any atom is 0.296 e. The predicted octanol–water partition coefficient (Wildman–Crippen LogP) is 1.86. The summed E-state index contributed by atoms with van der Waals surface area (Å²) in [6.07, 6.45) is 13.0. The van der Waals surface area contributed by atoms with Crippen molar-refractivity contribution in [1.29, 1.82) is 0 Å². The van der Waals surface area contributed by atoms with Crippen molar-refractivity contribution in [2.24, 2.45) is 0 Å². The molecule has 0 radical (unpaired) electrons. The Morgan fingerprint density at radius 1 is 1.17 bits per heavy atom. The zero-order valence-electron chi connectivity index (χ0n) is 7.41. The van der Waals surface area contributed by atoms with Crippen LogP contribution < -0.4 is 0 Å². The molecular weight excluding hydrogens is 163 g/mol. The summed E-state index contributed by atoms with van der Waals surface area (Å²) in [6, 6.07) is 0. The first-order chi connectivity index (χ1) is 5.95. The lowest BCUT2D eigenvalue weighted by molar-refractivity contribution is 0.0648. The second kappa shape index (κ2) is 4.28. The van der Waals surface area contributed by atoms with Crippen molar-refractivity contribution >= 4 is 15.2 Å². The molecule has 1 nitrogen and oxygen atoms in total. The predicted molar refractivity (Wildman–Crippen MR) is 52.8 cm³/mol. The third kappa shape index (κ3) is 2.23. The Hall–Kier alpha value is -0.0275. The number of rotatable bonds is 2. The number of hydrogen-bond donors (Lipinski definition) is 0. The monoisotopic (exact) mass is 178 g/mol. The Labute approximate surface area is 80.2 Å². The maximum atomic E-state index is 5.73. The van der Waals surface area contributed by atoms with Crippen LogP contribution in [0.1, 0.15) is 19.3 Å². The van der Waals surface area contributed by atoms with Crippen LogP contribution in [0.4, 0.5) is 0 Å². The summed E-state index contributed by atoms with van der Waals surface area (Å²) in [7, 11) is 0. The van der Waals surface area contributed by atoms with Crippen molar-refractivity contribution in [2.45, 2.75) is 29.0 Å². The van der Waals surface area contributed by atoms with Gasteiger partial charge in [-0.25, -0.2) is 0 Å². The van der Waals surface area contributed by atoms with Crippen LogP contribution in [0, 0.1) is 0 Å². The minimum atomic E-state index is -0.0539. The van der Waals surface area contributed by atoms with E-state index in [0.29, 0.717) is 4.97 Å². The van der Waals surface area contributed by atoms with E-state index in [0.717, 1.165) is 11.4 Å².